The van der Waals surface area contributed by atoms with Crippen molar-refractivity contribution in [3.8, 4) is 11.8 Å². The number of aryl methyl sites for hydroxylation is 1. The van der Waals surface area contributed by atoms with Crippen LogP contribution in [0.15, 0.2) is 42.5 Å². The van der Waals surface area contributed by atoms with Crippen molar-refractivity contribution in [2.24, 2.45) is 5.92 Å². The predicted octanol–water partition coefficient (Wildman–Crippen LogP) is 5.02. The molecule has 28 heavy (non-hydrogen) atoms. The number of phenolic OH excluding ortho intramolecular Hbond substituents is 1. The molecule has 0 aromatic heterocycles. The molecule has 0 amide bonds. The fourth-order valence-electron chi connectivity index (χ4n) is 5.83. The maximum atomic E-state index is 11.2. The van der Waals surface area contributed by atoms with Gasteiger partial charge in [-0.25, -0.2) is 0 Å². The third-order valence-electron chi connectivity index (χ3n) is 7.15. The number of aliphatic hydroxyl groups is 1. The van der Waals surface area contributed by atoms with Gasteiger partial charge in [-0.1, -0.05) is 31.5 Å². The number of rotatable bonds is 4. The molecule has 2 aliphatic carbocycles. The summed E-state index contributed by atoms with van der Waals surface area (Å²) in [6, 6.07) is 16.0. The molecular weight excluding hydrogens is 346 g/mol. The number of nitrogens with zero attached hydrogens (tertiary/aromatic N) is 1. The summed E-state index contributed by atoms with van der Waals surface area (Å²) in [5, 5.41) is 30.3. The lowest BCUT2D eigenvalue weighted by Crippen LogP contribution is -2.51. The highest BCUT2D eigenvalue weighted by Crippen LogP contribution is 2.55. The molecule has 0 bridgehead atoms. The van der Waals surface area contributed by atoms with E-state index in [1.54, 1.807) is 0 Å². The second-order valence-electron chi connectivity index (χ2n) is 8.90. The van der Waals surface area contributed by atoms with Gasteiger partial charge < -0.3 is 10.2 Å². The van der Waals surface area contributed by atoms with Gasteiger partial charge in [0.05, 0.1) is 17.2 Å². The normalized spacial score (nSPS) is 28.8. The van der Waals surface area contributed by atoms with Crippen molar-refractivity contribution in [2.75, 3.05) is 0 Å². The van der Waals surface area contributed by atoms with E-state index in [9.17, 15) is 10.2 Å². The molecule has 0 spiro atoms. The zero-order chi connectivity index (χ0) is 19.8. The lowest BCUT2D eigenvalue weighted by atomic mass is 9.52. The van der Waals surface area contributed by atoms with E-state index in [0.29, 0.717) is 17.2 Å². The molecule has 0 heterocycles. The van der Waals surface area contributed by atoms with Gasteiger partial charge in [-0.05, 0) is 91.8 Å². The maximum Gasteiger partial charge on any atom is 0.115 e. The fraction of sp³-hybridized carbons (Fsp3) is 0.480. The Kier molecular flexibility index (Phi) is 4.93. The first-order valence-electron chi connectivity index (χ1n) is 10.5. The smallest absolute Gasteiger partial charge is 0.115 e. The van der Waals surface area contributed by atoms with Gasteiger partial charge in [0.15, 0.2) is 0 Å². The van der Waals surface area contributed by atoms with Gasteiger partial charge in [-0.2, -0.15) is 5.26 Å². The molecule has 0 saturated heterocycles. The third-order valence-corrected chi connectivity index (χ3v) is 7.15. The minimum atomic E-state index is -0.540. The second-order valence-corrected chi connectivity index (χ2v) is 8.90. The molecule has 4 rings (SSSR count). The van der Waals surface area contributed by atoms with Gasteiger partial charge in [-0.3, -0.25) is 0 Å². The highest BCUT2D eigenvalue weighted by molar-refractivity contribution is 5.45. The molecule has 0 aliphatic heterocycles. The highest BCUT2D eigenvalue weighted by atomic mass is 16.3. The summed E-state index contributed by atoms with van der Waals surface area (Å²) < 4.78 is 0. The minimum absolute atomic E-state index is 0.00455. The standard InChI is InChI=1S/C25H29NO2/c1-2-11-24(28)12-13-25(15-18-3-5-19(17-26)6-4-18)21(16-24)8-7-20-14-22(27)9-10-23(20)25/h3-6,9-10,14,21,27-28H,2,7-8,11-13,15-16H2,1H3/t21-,24?,25-/m0/s1. The van der Waals surface area contributed by atoms with Gasteiger partial charge in [0, 0.05) is 5.41 Å². The molecule has 1 saturated carbocycles. The minimum Gasteiger partial charge on any atom is -0.508 e. The average molecular weight is 376 g/mol. The van der Waals surface area contributed by atoms with Crippen LogP contribution in [0.25, 0.3) is 0 Å². The Morgan fingerprint density at radius 2 is 1.93 bits per heavy atom. The summed E-state index contributed by atoms with van der Waals surface area (Å²) in [6.07, 6.45) is 7.47. The van der Waals surface area contributed by atoms with Gasteiger partial charge >= 0.3 is 0 Å². The molecule has 2 aromatic rings. The van der Waals surface area contributed by atoms with Crippen LogP contribution in [0.3, 0.4) is 0 Å². The van der Waals surface area contributed by atoms with Crippen molar-refractivity contribution < 1.29 is 10.2 Å². The Labute approximate surface area is 167 Å². The van der Waals surface area contributed by atoms with E-state index in [1.165, 1.54) is 16.7 Å². The van der Waals surface area contributed by atoms with E-state index < -0.39 is 5.60 Å². The van der Waals surface area contributed by atoms with Crippen LogP contribution in [0, 0.1) is 17.2 Å². The maximum absolute atomic E-state index is 11.2. The number of aromatic hydroxyl groups is 1. The highest BCUT2D eigenvalue weighted by Gasteiger charge is 2.51. The van der Waals surface area contributed by atoms with Gasteiger partial charge in [0.2, 0.25) is 0 Å². The average Bonchev–Trinajstić information content (AvgIpc) is 2.69. The molecule has 3 atom stereocenters. The first-order valence-corrected chi connectivity index (χ1v) is 10.5. The summed E-state index contributed by atoms with van der Waals surface area (Å²) >= 11 is 0. The molecule has 2 aliphatic rings. The number of phenols is 1. The van der Waals surface area contributed by atoms with Crippen molar-refractivity contribution in [2.45, 2.75) is 69.3 Å². The van der Waals surface area contributed by atoms with Gasteiger partial charge in [0.1, 0.15) is 5.75 Å². The lowest BCUT2D eigenvalue weighted by molar-refractivity contribution is -0.0565. The van der Waals surface area contributed by atoms with Crippen molar-refractivity contribution in [1.82, 2.24) is 0 Å². The third kappa shape index (κ3) is 3.31. The van der Waals surface area contributed by atoms with Crippen molar-refractivity contribution in [1.29, 1.82) is 5.26 Å². The van der Waals surface area contributed by atoms with Crippen LogP contribution in [0.2, 0.25) is 0 Å². The first-order chi connectivity index (χ1) is 13.5. The summed E-state index contributed by atoms with van der Waals surface area (Å²) in [7, 11) is 0. The van der Waals surface area contributed by atoms with Crippen LogP contribution in [0.1, 0.15) is 67.7 Å². The molecular formula is C25H29NO2. The molecule has 2 aromatic carbocycles. The van der Waals surface area contributed by atoms with Crippen LogP contribution < -0.4 is 0 Å². The van der Waals surface area contributed by atoms with E-state index in [4.69, 9.17) is 5.26 Å². The Balaban J connectivity index is 1.75. The van der Waals surface area contributed by atoms with Gasteiger partial charge in [-0.15, -0.1) is 0 Å². The predicted molar refractivity (Wildman–Crippen MR) is 110 cm³/mol. The van der Waals surface area contributed by atoms with Crippen molar-refractivity contribution in [3.63, 3.8) is 0 Å². The van der Waals surface area contributed by atoms with E-state index in [1.807, 2.05) is 24.3 Å². The SMILES string of the molecule is CCCC1(O)CC[C@@]2(Cc3ccc(C#N)cc3)c3ccc(O)cc3CC[C@H]2C1. The van der Waals surface area contributed by atoms with Crippen LogP contribution in [-0.4, -0.2) is 15.8 Å². The van der Waals surface area contributed by atoms with E-state index in [0.717, 1.165) is 51.4 Å². The molecule has 0 radical (unpaired) electrons. The number of fused-ring (bicyclic) bond motifs is 3. The first kappa shape index (κ1) is 19.0. The molecule has 146 valence electrons. The Bertz CT molecular complexity index is 898. The summed E-state index contributed by atoms with van der Waals surface area (Å²) in [4.78, 5) is 0. The number of hydrogen-bond acceptors (Lipinski definition) is 3. The number of hydrogen-bond donors (Lipinski definition) is 2. The van der Waals surface area contributed by atoms with Crippen LogP contribution >= 0.6 is 0 Å². The van der Waals surface area contributed by atoms with E-state index >= 15 is 0 Å². The van der Waals surface area contributed by atoms with Gasteiger partial charge in [0.25, 0.3) is 0 Å². The van der Waals surface area contributed by atoms with Crippen molar-refractivity contribution in [3.05, 3.63) is 64.7 Å². The Morgan fingerprint density at radius 3 is 2.64 bits per heavy atom. The molecule has 1 unspecified atom stereocenters. The molecule has 3 heteroatoms. The number of benzene rings is 2. The fourth-order valence-corrected chi connectivity index (χ4v) is 5.83. The zero-order valence-corrected chi connectivity index (χ0v) is 16.6. The summed E-state index contributed by atoms with van der Waals surface area (Å²) in [5.74, 6) is 0.773. The lowest BCUT2D eigenvalue weighted by Gasteiger charge is -2.53. The van der Waals surface area contributed by atoms with Crippen LogP contribution in [0.5, 0.6) is 5.75 Å². The zero-order valence-electron chi connectivity index (χ0n) is 16.6. The Hall–Kier alpha value is -2.31. The monoisotopic (exact) mass is 375 g/mol. The topological polar surface area (TPSA) is 64.2 Å². The van der Waals surface area contributed by atoms with Crippen LogP contribution in [-0.2, 0) is 18.3 Å². The molecule has 2 N–H and O–H groups in total. The largest absolute Gasteiger partial charge is 0.508 e. The van der Waals surface area contributed by atoms with E-state index in [-0.39, 0.29) is 5.41 Å². The second kappa shape index (κ2) is 7.26. The summed E-state index contributed by atoms with van der Waals surface area (Å²) in [5.41, 5.74) is 3.99. The van der Waals surface area contributed by atoms with Crippen molar-refractivity contribution >= 4 is 0 Å². The quantitative estimate of drug-likeness (QED) is 0.788. The molecule has 1 fully saturated rings. The summed E-state index contributed by atoms with van der Waals surface area (Å²) in [6.45, 7) is 2.15. The number of nitriles is 1. The van der Waals surface area contributed by atoms with E-state index in [2.05, 4.69) is 31.2 Å². The Morgan fingerprint density at radius 1 is 1.14 bits per heavy atom. The van der Waals surface area contributed by atoms with Crippen LogP contribution in [0.4, 0.5) is 0 Å². The molecule has 3 nitrogen and oxygen atoms in total.